The minimum Gasteiger partial charge on any atom is -0.486 e. The standard InChI is InChI=1S/C15H22N2O3/c1-15(2,3)20-14(18)17-9-8-11(10-17)19-13-7-5-4-6-12(13)16/h4-7,11H,8-10,16H2,1-3H3/t11-/m1/s1. The van der Waals surface area contributed by atoms with Gasteiger partial charge in [-0.2, -0.15) is 0 Å². The molecule has 1 aliphatic heterocycles. The van der Waals surface area contributed by atoms with E-state index in [1.165, 1.54) is 0 Å². The maximum atomic E-state index is 11.9. The summed E-state index contributed by atoms with van der Waals surface area (Å²) in [5.74, 6) is 0.670. The van der Waals surface area contributed by atoms with Crippen molar-refractivity contribution in [1.82, 2.24) is 4.90 Å². The molecule has 20 heavy (non-hydrogen) atoms. The number of hydrogen-bond acceptors (Lipinski definition) is 4. The van der Waals surface area contributed by atoms with Gasteiger partial charge in [0.25, 0.3) is 0 Å². The van der Waals surface area contributed by atoms with Crippen molar-refractivity contribution in [2.24, 2.45) is 0 Å². The fraction of sp³-hybridized carbons (Fsp3) is 0.533. The molecule has 1 atom stereocenters. The summed E-state index contributed by atoms with van der Waals surface area (Å²) in [6.45, 7) is 6.76. The summed E-state index contributed by atoms with van der Waals surface area (Å²) >= 11 is 0. The number of hydrogen-bond donors (Lipinski definition) is 1. The molecule has 110 valence electrons. The van der Waals surface area contributed by atoms with Gasteiger partial charge in [0.15, 0.2) is 0 Å². The van der Waals surface area contributed by atoms with Crippen LogP contribution in [0.1, 0.15) is 27.2 Å². The number of nitrogens with zero attached hydrogens (tertiary/aromatic N) is 1. The Balaban J connectivity index is 1.90. The summed E-state index contributed by atoms with van der Waals surface area (Å²) in [5, 5.41) is 0. The number of ether oxygens (including phenoxy) is 2. The maximum absolute atomic E-state index is 11.9. The van der Waals surface area contributed by atoms with Crippen molar-refractivity contribution in [3.63, 3.8) is 0 Å². The van der Waals surface area contributed by atoms with Crippen LogP contribution in [0.2, 0.25) is 0 Å². The second-order valence-corrected chi connectivity index (χ2v) is 5.99. The SMILES string of the molecule is CC(C)(C)OC(=O)N1CC[C@@H](Oc2ccccc2N)C1. The van der Waals surface area contributed by atoms with Gasteiger partial charge < -0.3 is 20.1 Å². The van der Waals surface area contributed by atoms with Crippen molar-refractivity contribution in [1.29, 1.82) is 0 Å². The Bertz CT molecular complexity index is 482. The first-order valence-corrected chi connectivity index (χ1v) is 6.84. The van der Waals surface area contributed by atoms with Crippen molar-refractivity contribution in [3.05, 3.63) is 24.3 Å². The number of carbonyl (C=O) groups excluding carboxylic acids is 1. The molecule has 1 saturated heterocycles. The van der Waals surface area contributed by atoms with E-state index in [4.69, 9.17) is 15.2 Å². The lowest BCUT2D eigenvalue weighted by molar-refractivity contribution is 0.0276. The molecule has 1 fully saturated rings. The quantitative estimate of drug-likeness (QED) is 0.845. The number of likely N-dealkylation sites (tertiary alicyclic amines) is 1. The number of anilines is 1. The van der Waals surface area contributed by atoms with Gasteiger partial charge in [0.1, 0.15) is 17.5 Å². The summed E-state index contributed by atoms with van der Waals surface area (Å²) in [5.41, 5.74) is 5.99. The van der Waals surface area contributed by atoms with Crippen LogP contribution in [-0.4, -0.2) is 35.8 Å². The molecule has 0 radical (unpaired) electrons. The minimum absolute atomic E-state index is 0.0350. The van der Waals surface area contributed by atoms with Gasteiger partial charge in [0.2, 0.25) is 0 Å². The molecule has 1 aromatic carbocycles. The first-order valence-electron chi connectivity index (χ1n) is 6.84. The van der Waals surface area contributed by atoms with Crippen molar-refractivity contribution < 1.29 is 14.3 Å². The smallest absolute Gasteiger partial charge is 0.410 e. The molecule has 0 bridgehead atoms. The van der Waals surface area contributed by atoms with Crippen LogP contribution < -0.4 is 10.5 Å². The van der Waals surface area contributed by atoms with Crippen molar-refractivity contribution in [2.75, 3.05) is 18.8 Å². The predicted molar refractivity (Wildman–Crippen MR) is 77.7 cm³/mol. The number of nitrogen functional groups attached to an aromatic ring is 1. The normalized spacial score (nSPS) is 18.9. The second kappa shape index (κ2) is 5.61. The minimum atomic E-state index is -0.472. The van der Waals surface area contributed by atoms with Crippen LogP contribution in [0, 0.1) is 0 Å². The molecule has 0 aromatic heterocycles. The molecule has 1 aliphatic rings. The average Bonchev–Trinajstić information content (AvgIpc) is 2.79. The van der Waals surface area contributed by atoms with E-state index >= 15 is 0 Å². The lowest BCUT2D eigenvalue weighted by Gasteiger charge is -2.24. The number of carbonyl (C=O) groups is 1. The van der Waals surface area contributed by atoms with Crippen LogP contribution in [-0.2, 0) is 4.74 Å². The third kappa shape index (κ3) is 3.79. The Labute approximate surface area is 119 Å². The molecule has 1 heterocycles. The zero-order valence-corrected chi connectivity index (χ0v) is 12.3. The van der Waals surface area contributed by atoms with Crippen LogP contribution in [0.15, 0.2) is 24.3 Å². The van der Waals surface area contributed by atoms with Crippen LogP contribution in [0.25, 0.3) is 0 Å². The highest BCUT2D eigenvalue weighted by Gasteiger charge is 2.31. The highest BCUT2D eigenvalue weighted by atomic mass is 16.6. The molecule has 2 rings (SSSR count). The number of para-hydroxylation sites is 2. The maximum Gasteiger partial charge on any atom is 0.410 e. The third-order valence-corrected chi connectivity index (χ3v) is 3.01. The van der Waals surface area contributed by atoms with Gasteiger partial charge >= 0.3 is 6.09 Å². The molecule has 0 spiro atoms. The Morgan fingerprint density at radius 3 is 2.70 bits per heavy atom. The summed E-state index contributed by atoms with van der Waals surface area (Å²) in [6.07, 6.45) is 0.463. The molecule has 2 N–H and O–H groups in total. The highest BCUT2D eigenvalue weighted by Crippen LogP contribution is 2.24. The van der Waals surface area contributed by atoms with E-state index in [-0.39, 0.29) is 12.2 Å². The Morgan fingerprint density at radius 1 is 1.35 bits per heavy atom. The first-order chi connectivity index (χ1) is 9.35. The third-order valence-electron chi connectivity index (χ3n) is 3.01. The van der Waals surface area contributed by atoms with E-state index in [0.29, 0.717) is 24.5 Å². The lowest BCUT2D eigenvalue weighted by Crippen LogP contribution is -2.36. The van der Waals surface area contributed by atoms with Crippen molar-refractivity contribution >= 4 is 11.8 Å². The Hall–Kier alpha value is -1.91. The van der Waals surface area contributed by atoms with Crippen LogP contribution >= 0.6 is 0 Å². The van der Waals surface area contributed by atoms with E-state index < -0.39 is 5.60 Å². The molecular formula is C15H22N2O3. The number of benzene rings is 1. The zero-order valence-electron chi connectivity index (χ0n) is 12.3. The summed E-state index contributed by atoms with van der Waals surface area (Å²) < 4.78 is 11.2. The van der Waals surface area contributed by atoms with Gasteiger partial charge in [-0.05, 0) is 32.9 Å². The van der Waals surface area contributed by atoms with Crippen molar-refractivity contribution in [2.45, 2.75) is 38.9 Å². The first kappa shape index (κ1) is 14.5. The van der Waals surface area contributed by atoms with E-state index in [9.17, 15) is 4.79 Å². The molecule has 5 heteroatoms. The van der Waals surface area contributed by atoms with E-state index in [1.54, 1.807) is 11.0 Å². The summed E-state index contributed by atoms with van der Waals surface area (Å²) in [7, 11) is 0. The predicted octanol–water partition coefficient (Wildman–Crippen LogP) is 2.66. The zero-order chi connectivity index (χ0) is 14.8. The highest BCUT2D eigenvalue weighted by molar-refractivity contribution is 5.68. The fourth-order valence-electron chi connectivity index (χ4n) is 2.08. The average molecular weight is 278 g/mol. The van der Waals surface area contributed by atoms with Crippen molar-refractivity contribution in [3.8, 4) is 5.75 Å². The van der Waals surface area contributed by atoms with Gasteiger partial charge in [-0.15, -0.1) is 0 Å². The number of amides is 1. The second-order valence-electron chi connectivity index (χ2n) is 5.99. The Kier molecular flexibility index (Phi) is 4.06. The molecule has 1 aromatic rings. The van der Waals surface area contributed by atoms with E-state index in [2.05, 4.69) is 0 Å². The molecule has 5 nitrogen and oxygen atoms in total. The molecular weight excluding hydrogens is 256 g/mol. The number of rotatable bonds is 2. The van der Waals surface area contributed by atoms with E-state index in [0.717, 1.165) is 6.42 Å². The van der Waals surface area contributed by atoms with Crippen LogP contribution in [0.4, 0.5) is 10.5 Å². The van der Waals surface area contributed by atoms with Gasteiger partial charge in [-0.25, -0.2) is 4.79 Å². The monoisotopic (exact) mass is 278 g/mol. The Morgan fingerprint density at radius 2 is 2.05 bits per heavy atom. The van der Waals surface area contributed by atoms with Gasteiger partial charge in [0, 0.05) is 13.0 Å². The van der Waals surface area contributed by atoms with E-state index in [1.807, 2.05) is 39.0 Å². The van der Waals surface area contributed by atoms with Crippen LogP contribution in [0.3, 0.4) is 0 Å². The molecule has 0 unspecified atom stereocenters. The lowest BCUT2D eigenvalue weighted by atomic mass is 10.2. The van der Waals surface area contributed by atoms with Crippen LogP contribution in [0.5, 0.6) is 5.75 Å². The molecule has 1 amide bonds. The fourth-order valence-corrected chi connectivity index (χ4v) is 2.08. The molecule has 0 saturated carbocycles. The number of nitrogens with two attached hydrogens (primary N) is 1. The summed E-state index contributed by atoms with van der Waals surface area (Å²) in [4.78, 5) is 13.6. The van der Waals surface area contributed by atoms with Gasteiger partial charge in [-0.3, -0.25) is 0 Å². The van der Waals surface area contributed by atoms with Gasteiger partial charge in [0.05, 0.1) is 12.2 Å². The van der Waals surface area contributed by atoms with Gasteiger partial charge in [-0.1, -0.05) is 12.1 Å². The summed E-state index contributed by atoms with van der Waals surface area (Å²) in [6, 6.07) is 7.39. The topological polar surface area (TPSA) is 64.8 Å². The largest absolute Gasteiger partial charge is 0.486 e. The molecule has 0 aliphatic carbocycles.